The molecule has 0 saturated heterocycles. The first kappa shape index (κ1) is 16.9. The number of hydrogen-bond acceptors (Lipinski definition) is 4. The summed E-state index contributed by atoms with van der Waals surface area (Å²) in [5.74, 6) is -1.15. The molecule has 0 heterocycles. The van der Waals surface area contributed by atoms with Gasteiger partial charge in [0.05, 0.1) is 23.3 Å². The summed E-state index contributed by atoms with van der Waals surface area (Å²) in [6.07, 6.45) is 0.775. The molecular formula is C15H14F2N2O3S. The van der Waals surface area contributed by atoms with Crippen molar-refractivity contribution in [2.45, 2.75) is 11.8 Å². The third kappa shape index (κ3) is 4.26. The lowest BCUT2D eigenvalue weighted by Crippen LogP contribution is -2.18. The standard InChI is InChI=1S/C15H14F2N2O3S/c1-2-22-11-6-8-12(9-7-11)23(20,21)19-18-10-13-14(16)4-3-5-15(13)17/h3-10,19H,2H2,1H3. The number of ether oxygens (including phenoxy) is 1. The molecule has 0 aliphatic heterocycles. The third-order valence-corrected chi connectivity index (χ3v) is 4.05. The van der Waals surface area contributed by atoms with Crippen LogP contribution in [0.15, 0.2) is 52.5 Å². The molecule has 0 radical (unpaired) electrons. The molecule has 0 amide bonds. The number of hydrogen-bond donors (Lipinski definition) is 1. The lowest BCUT2D eigenvalue weighted by Gasteiger charge is -2.06. The quantitative estimate of drug-likeness (QED) is 0.649. The van der Waals surface area contributed by atoms with Crippen LogP contribution in [0.2, 0.25) is 0 Å². The van der Waals surface area contributed by atoms with E-state index in [9.17, 15) is 17.2 Å². The molecule has 0 bridgehead atoms. The average Bonchev–Trinajstić information content (AvgIpc) is 2.51. The molecule has 0 atom stereocenters. The van der Waals surface area contributed by atoms with E-state index in [4.69, 9.17) is 4.74 Å². The highest BCUT2D eigenvalue weighted by Crippen LogP contribution is 2.16. The van der Waals surface area contributed by atoms with Gasteiger partial charge in [0, 0.05) is 0 Å². The summed E-state index contributed by atoms with van der Waals surface area (Å²) >= 11 is 0. The Hall–Kier alpha value is -2.48. The van der Waals surface area contributed by atoms with Crippen molar-refractivity contribution < 1.29 is 21.9 Å². The van der Waals surface area contributed by atoms with E-state index < -0.39 is 27.2 Å². The molecule has 8 heteroatoms. The van der Waals surface area contributed by atoms with Crippen molar-refractivity contribution in [2.75, 3.05) is 6.61 Å². The molecule has 5 nitrogen and oxygen atoms in total. The van der Waals surface area contributed by atoms with Crippen LogP contribution in [-0.2, 0) is 10.0 Å². The van der Waals surface area contributed by atoms with E-state index in [1.165, 1.54) is 30.3 Å². The Bertz CT molecular complexity index is 786. The second-order valence-electron chi connectivity index (χ2n) is 4.39. The Balaban J connectivity index is 2.13. The van der Waals surface area contributed by atoms with Crippen LogP contribution in [-0.4, -0.2) is 21.2 Å². The summed E-state index contributed by atoms with van der Waals surface area (Å²) < 4.78 is 56.0. The number of rotatable bonds is 6. The lowest BCUT2D eigenvalue weighted by molar-refractivity contribution is 0.340. The van der Waals surface area contributed by atoms with Crippen LogP contribution >= 0.6 is 0 Å². The number of halogens is 2. The van der Waals surface area contributed by atoms with E-state index in [0.29, 0.717) is 12.4 Å². The van der Waals surface area contributed by atoms with Crippen molar-refractivity contribution in [3.8, 4) is 5.75 Å². The highest BCUT2D eigenvalue weighted by molar-refractivity contribution is 7.89. The largest absolute Gasteiger partial charge is 0.494 e. The minimum absolute atomic E-state index is 0.0490. The Kier molecular flexibility index (Phi) is 5.28. The van der Waals surface area contributed by atoms with E-state index in [1.807, 2.05) is 11.8 Å². The summed E-state index contributed by atoms with van der Waals surface area (Å²) in [5, 5.41) is 3.40. The van der Waals surface area contributed by atoms with Crippen LogP contribution in [0.3, 0.4) is 0 Å². The van der Waals surface area contributed by atoms with Crippen molar-refractivity contribution in [1.82, 2.24) is 4.83 Å². The molecule has 23 heavy (non-hydrogen) atoms. The Morgan fingerprint density at radius 1 is 1.13 bits per heavy atom. The van der Waals surface area contributed by atoms with Gasteiger partial charge in [-0.05, 0) is 43.3 Å². The molecule has 0 fully saturated rings. The van der Waals surface area contributed by atoms with Gasteiger partial charge in [0.25, 0.3) is 10.0 Å². The number of hydrazone groups is 1. The molecule has 0 saturated carbocycles. The van der Waals surface area contributed by atoms with Crippen molar-refractivity contribution in [3.63, 3.8) is 0 Å². The molecule has 0 spiro atoms. The predicted octanol–water partition coefficient (Wildman–Crippen LogP) is 2.68. The smallest absolute Gasteiger partial charge is 0.276 e. The van der Waals surface area contributed by atoms with E-state index in [0.717, 1.165) is 18.3 Å². The van der Waals surface area contributed by atoms with Crippen molar-refractivity contribution in [1.29, 1.82) is 0 Å². The minimum atomic E-state index is -3.94. The van der Waals surface area contributed by atoms with Crippen molar-refractivity contribution >= 4 is 16.2 Å². The Morgan fingerprint density at radius 3 is 2.30 bits per heavy atom. The number of nitrogens with zero attached hydrogens (tertiary/aromatic N) is 1. The van der Waals surface area contributed by atoms with Crippen LogP contribution in [0.5, 0.6) is 5.75 Å². The zero-order valence-corrected chi connectivity index (χ0v) is 13.0. The van der Waals surface area contributed by atoms with E-state index in [1.54, 1.807) is 0 Å². The molecule has 122 valence electrons. The highest BCUT2D eigenvalue weighted by Gasteiger charge is 2.13. The summed E-state index contributed by atoms with van der Waals surface area (Å²) in [7, 11) is -3.94. The first-order chi connectivity index (χ1) is 10.9. The number of nitrogens with one attached hydrogen (secondary N) is 1. The number of sulfonamides is 1. The van der Waals surface area contributed by atoms with Gasteiger partial charge in [-0.1, -0.05) is 6.07 Å². The molecular weight excluding hydrogens is 326 g/mol. The Labute approximate surface area is 132 Å². The second kappa shape index (κ2) is 7.19. The maximum atomic E-state index is 13.4. The van der Waals surface area contributed by atoms with Crippen molar-refractivity contribution in [2.24, 2.45) is 5.10 Å². The van der Waals surface area contributed by atoms with Gasteiger partial charge in [0.2, 0.25) is 0 Å². The van der Waals surface area contributed by atoms with Gasteiger partial charge in [-0.25, -0.2) is 13.6 Å². The fourth-order valence-electron chi connectivity index (χ4n) is 1.73. The summed E-state index contributed by atoms with van der Waals surface area (Å²) in [5.41, 5.74) is -0.429. The highest BCUT2D eigenvalue weighted by atomic mass is 32.2. The molecule has 0 aliphatic rings. The van der Waals surface area contributed by atoms with E-state index in [-0.39, 0.29) is 4.90 Å². The number of benzene rings is 2. The van der Waals surface area contributed by atoms with Gasteiger partial charge in [-0.2, -0.15) is 13.5 Å². The second-order valence-corrected chi connectivity index (χ2v) is 6.05. The van der Waals surface area contributed by atoms with Gasteiger partial charge in [-0.3, -0.25) is 0 Å². The normalized spacial score (nSPS) is 11.6. The molecule has 0 aromatic heterocycles. The van der Waals surface area contributed by atoms with Crippen LogP contribution in [0.1, 0.15) is 12.5 Å². The van der Waals surface area contributed by atoms with Crippen LogP contribution in [0.4, 0.5) is 8.78 Å². The topological polar surface area (TPSA) is 67.8 Å². The fourth-order valence-corrected chi connectivity index (χ4v) is 2.52. The third-order valence-electron chi connectivity index (χ3n) is 2.81. The predicted molar refractivity (Wildman–Crippen MR) is 81.9 cm³/mol. The van der Waals surface area contributed by atoms with Gasteiger partial charge in [0.15, 0.2) is 0 Å². The van der Waals surface area contributed by atoms with E-state index in [2.05, 4.69) is 5.10 Å². The van der Waals surface area contributed by atoms with Gasteiger partial charge < -0.3 is 4.74 Å². The van der Waals surface area contributed by atoms with Gasteiger partial charge >= 0.3 is 0 Å². The fraction of sp³-hybridized carbons (Fsp3) is 0.133. The first-order valence-corrected chi connectivity index (χ1v) is 8.14. The molecule has 0 aliphatic carbocycles. The average molecular weight is 340 g/mol. The first-order valence-electron chi connectivity index (χ1n) is 6.66. The molecule has 2 aromatic rings. The van der Waals surface area contributed by atoms with Gasteiger partial charge in [0.1, 0.15) is 17.4 Å². The Morgan fingerprint density at radius 2 is 1.74 bits per heavy atom. The van der Waals surface area contributed by atoms with Crippen LogP contribution < -0.4 is 9.57 Å². The zero-order chi connectivity index (χ0) is 16.9. The minimum Gasteiger partial charge on any atom is -0.494 e. The van der Waals surface area contributed by atoms with Gasteiger partial charge in [-0.15, -0.1) is 0 Å². The van der Waals surface area contributed by atoms with Crippen LogP contribution in [0, 0.1) is 11.6 Å². The molecule has 1 N–H and O–H groups in total. The molecule has 0 unspecified atom stereocenters. The summed E-state index contributed by atoms with van der Waals surface area (Å²) in [6.45, 7) is 2.27. The van der Waals surface area contributed by atoms with E-state index >= 15 is 0 Å². The van der Waals surface area contributed by atoms with Crippen molar-refractivity contribution in [3.05, 3.63) is 59.7 Å². The summed E-state index contributed by atoms with van der Waals surface area (Å²) in [4.78, 5) is 1.85. The lowest BCUT2D eigenvalue weighted by atomic mass is 10.2. The van der Waals surface area contributed by atoms with Crippen LogP contribution in [0.25, 0.3) is 0 Å². The molecule has 2 rings (SSSR count). The monoisotopic (exact) mass is 340 g/mol. The maximum Gasteiger partial charge on any atom is 0.276 e. The SMILES string of the molecule is CCOc1ccc(S(=O)(=O)NN=Cc2c(F)cccc2F)cc1. The summed E-state index contributed by atoms with van der Waals surface area (Å²) in [6, 6.07) is 8.97. The zero-order valence-electron chi connectivity index (χ0n) is 12.2. The molecule has 2 aromatic carbocycles. The maximum absolute atomic E-state index is 13.4.